The number of thiazole rings is 1. The normalized spacial score (nSPS) is 19.5. The van der Waals surface area contributed by atoms with Crippen LogP contribution >= 0.6 is 11.3 Å². The van der Waals surface area contributed by atoms with E-state index in [0.717, 1.165) is 50.2 Å². The Morgan fingerprint density at radius 3 is 3.00 bits per heavy atom. The Labute approximate surface area is 135 Å². The summed E-state index contributed by atoms with van der Waals surface area (Å²) in [6, 6.07) is 3.90. The molecule has 2 aromatic heterocycles. The van der Waals surface area contributed by atoms with Gasteiger partial charge in [0.05, 0.1) is 12.9 Å². The second-order valence-electron chi connectivity index (χ2n) is 5.39. The average molecular weight is 321 g/mol. The van der Waals surface area contributed by atoms with Crippen LogP contribution in [-0.4, -0.2) is 42.7 Å². The highest BCUT2D eigenvalue weighted by Gasteiger charge is 2.24. The number of furan rings is 1. The van der Waals surface area contributed by atoms with Gasteiger partial charge in [0.1, 0.15) is 11.9 Å². The first kappa shape index (κ1) is 15.5. The molecule has 1 aliphatic heterocycles. The van der Waals surface area contributed by atoms with Gasteiger partial charge >= 0.3 is 0 Å². The van der Waals surface area contributed by atoms with Crippen molar-refractivity contribution >= 4 is 16.5 Å². The molecule has 0 aliphatic carbocycles. The van der Waals surface area contributed by atoms with Crippen LogP contribution in [-0.2, 0) is 11.3 Å². The zero-order valence-electron chi connectivity index (χ0n) is 13.2. The number of morpholine rings is 1. The molecule has 3 heterocycles. The van der Waals surface area contributed by atoms with Crippen LogP contribution in [0.15, 0.2) is 29.0 Å². The molecule has 6 heteroatoms. The van der Waals surface area contributed by atoms with E-state index in [-0.39, 0.29) is 6.10 Å². The molecule has 0 saturated carbocycles. The van der Waals surface area contributed by atoms with E-state index in [4.69, 9.17) is 9.15 Å². The van der Waals surface area contributed by atoms with Crippen LogP contribution in [0.25, 0.3) is 0 Å². The van der Waals surface area contributed by atoms with Gasteiger partial charge in [0.2, 0.25) is 0 Å². The lowest BCUT2D eigenvalue weighted by atomic mass is 10.2. The topological polar surface area (TPSA) is 41.7 Å². The van der Waals surface area contributed by atoms with Gasteiger partial charge in [0.25, 0.3) is 0 Å². The standard InChI is InChI=1S/C16H23N3O2S/c1-3-19(4-2)16-17-10-13(22-16)11-18-7-9-21-15(12-18)14-6-5-8-20-14/h5-6,8,10,15H,3-4,7,9,11-12H2,1-2H3/t15-/m0/s1. The maximum atomic E-state index is 5.81. The van der Waals surface area contributed by atoms with Gasteiger partial charge in [0, 0.05) is 43.8 Å². The molecule has 3 rings (SSSR count). The van der Waals surface area contributed by atoms with Crippen LogP contribution in [0, 0.1) is 0 Å². The van der Waals surface area contributed by atoms with E-state index in [1.807, 2.05) is 18.3 Å². The summed E-state index contributed by atoms with van der Waals surface area (Å²) in [5, 5.41) is 1.12. The third kappa shape index (κ3) is 3.51. The lowest BCUT2D eigenvalue weighted by molar-refractivity contribution is -0.0425. The van der Waals surface area contributed by atoms with Crippen LogP contribution in [0.3, 0.4) is 0 Å². The molecular formula is C16H23N3O2S. The zero-order valence-corrected chi connectivity index (χ0v) is 14.0. The summed E-state index contributed by atoms with van der Waals surface area (Å²) in [6.45, 7) is 9.83. The van der Waals surface area contributed by atoms with Crippen molar-refractivity contribution in [2.45, 2.75) is 26.5 Å². The number of nitrogens with zero attached hydrogens (tertiary/aromatic N) is 3. The summed E-state index contributed by atoms with van der Waals surface area (Å²) >= 11 is 1.79. The molecule has 1 aliphatic rings. The van der Waals surface area contributed by atoms with E-state index in [1.165, 1.54) is 4.88 Å². The maximum absolute atomic E-state index is 5.81. The van der Waals surface area contributed by atoms with Gasteiger partial charge in [-0.1, -0.05) is 0 Å². The van der Waals surface area contributed by atoms with Gasteiger partial charge in [-0.2, -0.15) is 0 Å². The summed E-state index contributed by atoms with van der Waals surface area (Å²) in [4.78, 5) is 10.6. The molecule has 0 radical (unpaired) electrons. The van der Waals surface area contributed by atoms with Crippen molar-refractivity contribution < 1.29 is 9.15 Å². The van der Waals surface area contributed by atoms with E-state index in [2.05, 4.69) is 28.6 Å². The maximum Gasteiger partial charge on any atom is 0.185 e. The fourth-order valence-corrected chi connectivity index (χ4v) is 3.80. The van der Waals surface area contributed by atoms with Crippen LogP contribution < -0.4 is 4.90 Å². The second-order valence-corrected chi connectivity index (χ2v) is 6.49. The lowest BCUT2D eigenvalue weighted by Gasteiger charge is -2.31. The Balaban J connectivity index is 1.61. The van der Waals surface area contributed by atoms with Crippen molar-refractivity contribution in [3.05, 3.63) is 35.2 Å². The smallest absolute Gasteiger partial charge is 0.185 e. The zero-order chi connectivity index (χ0) is 15.4. The van der Waals surface area contributed by atoms with Crippen molar-refractivity contribution in [1.82, 2.24) is 9.88 Å². The fraction of sp³-hybridized carbons (Fsp3) is 0.562. The van der Waals surface area contributed by atoms with Gasteiger partial charge in [-0.25, -0.2) is 4.98 Å². The van der Waals surface area contributed by atoms with Gasteiger partial charge in [-0.05, 0) is 26.0 Å². The minimum absolute atomic E-state index is 0.0407. The molecule has 0 spiro atoms. The number of hydrogen-bond acceptors (Lipinski definition) is 6. The minimum atomic E-state index is 0.0407. The van der Waals surface area contributed by atoms with Crippen molar-refractivity contribution in [3.63, 3.8) is 0 Å². The third-order valence-electron chi connectivity index (χ3n) is 3.97. The molecule has 1 fully saturated rings. The van der Waals surface area contributed by atoms with E-state index in [1.54, 1.807) is 17.6 Å². The molecule has 120 valence electrons. The minimum Gasteiger partial charge on any atom is -0.467 e. The Bertz CT molecular complexity index is 566. The quantitative estimate of drug-likeness (QED) is 0.817. The Kier molecular flexibility index (Phi) is 5.12. The number of aromatic nitrogens is 1. The number of anilines is 1. The van der Waals surface area contributed by atoms with Crippen LogP contribution in [0.2, 0.25) is 0 Å². The molecule has 0 bridgehead atoms. The first-order valence-electron chi connectivity index (χ1n) is 7.87. The highest BCUT2D eigenvalue weighted by molar-refractivity contribution is 7.15. The van der Waals surface area contributed by atoms with Crippen molar-refractivity contribution in [1.29, 1.82) is 0 Å². The number of ether oxygens (including phenoxy) is 1. The molecule has 1 atom stereocenters. The predicted octanol–water partition coefficient (Wildman–Crippen LogP) is 3.16. The summed E-state index contributed by atoms with van der Waals surface area (Å²) in [7, 11) is 0. The Morgan fingerprint density at radius 1 is 1.41 bits per heavy atom. The molecule has 1 saturated heterocycles. The van der Waals surface area contributed by atoms with E-state index in [9.17, 15) is 0 Å². The molecule has 0 aromatic carbocycles. The Hall–Kier alpha value is -1.37. The number of rotatable bonds is 6. The van der Waals surface area contributed by atoms with E-state index in [0.29, 0.717) is 0 Å². The molecule has 2 aromatic rings. The molecule has 0 unspecified atom stereocenters. The summed E-state index contributed by atoms with van der Waals surface area (Å²) in [5.74, 6) is 0.915. The van der Waals surface area contributed by atoms with Crippen molar-refractivity contribution in [2.75, 3.05) is 37.7 Å². The van der Waals surface area contributed by atoms with Gasteiger partial charge < -0.3 is 14.1 Å². The van der Waals surface area contributed by atoms with Gasteiger partial charge in [-0.3, -0.25) is 4.90 Å². The number of hydrogen-bond donors (Lipinski definition) is 0. The first-order chi connectivity index (χ1) is 10.8. The molecule has 5 nitrogen and oxygen atoms in total. The molecule has 22 heavy (non-hydrogen) atoms. The van der Waals surface area contributed by atoms with Crippen LogP contribution in [0.1, 0.15) is 30.6 Å². The van der Waals surface area contributed by atoms with Crippen molar-refractivity contribution in [3.8, 4) is 0 Å². The van der Waals surface area contributed by atoms with Crippen molar-refractivity contribution in [2.24, 2.45) is 0 Å². The predicted molar refractivity (Wildman–Crippen MR) is 88.4 cm³/mol. The van der Waals surface area contributed by atoms with Crippen LogP contribution in [0.4, 0.5) is 5.13 Å². The second kappa shape index (κ2) is 7.26. The highest BCUT2D eigenvalue weighted by atomic mass is 32.1. The first-order valence-corrected chi connectivity index (χ1v) is 8.68. The monoisotopic (exact) mass is 321 g/mol. The van der Waals surface area contributed by atoms with E-state index >= 15 is 0 Å². The SMILES string of the molecule is CCN(CC)c1ncc(CN2CCO[C@H](c3ccco3)C2)s1. The molecular weight excluding hydrogens is 298 g/mol. The fourth-order valence-electron chi connectivity index (χ4n) is 2.72. The van der Waals surface area contributed by atoms with E-state index < -0.39 is 0 Å². The summed E-state index contributed by atoms with van der Waals surface area (Å²) < 4.78 is 11.3. The Morgan fingerprint density at radius 2 is 2.27 bits per heavy atom. The van der Waals surface area contributed by atoms with Gasteiger partial charge in [-0.15, -0.1) is 11.3 Å². The summed E-state index contributed by atoms with van der Waals surface area (Å²) in [6.07, 6.45) is 3.76. The third-order valence-corrected chi connectivity index (χ3v) is 5.01. The molecule has 0 amide bonds. The summed E-state index contributed by atoms with van der Waals surface area (Å²) in [5.41, 5.74) is 0. The lowest BCUT2D eigenvalue weighted by Crippen LogP contribution is -2.37. The average Bonchev–Trinajstić information content (AvgIpc) is 3.21. The largest absolute Gasteiger partial charge is 0.467 e. The highest BCUT2D eigenvalue weighted by Crippen LogP contribution is 2.27. The molecule has 0 N–H and O–H groups in total. The van der Waals surface area contributed by atoms with Gasteiger partial charge in [0.15, 0.2) is 5.13 Å². The van der Waals surface area contributed by atoms with Crippen LogP contribution in [0.5, 0.6) is 0 Å².